The van der Waals surface area contributed by atoms with E-state index in [9.17, 15) is 0 Å². The molecule has 0 saturated heterocycles. The summed E-state index contributed by atoms with van der Waals surface area (Å²) in [7, 11) is 0. The van der Waals surface area contributed by atoms with Crippen molar-refractivity contribution in [2.45, 2.75) is 26.3 Å². The van der Waals surface area contributed by atoms with E-state index in [1.165, 1.54) is 15.8 Å². The Morgan fingerprint density at radius 2 is 2.00 bits per heavy atom. The second-order valence-electron chi connectivity index (χ2n) is 4.98. The van der Waals surface area contributed by atoms with E-state index in [0.717, 1.165) is 22.6 Å². The third kappa shape index (κ3) is 2.44. The van der Waals surface area contributed by atoms with Crippen LogP contribution in [0.5, 0.6) is 0 Å². The molecule has 0 fully saturated rings. The monoisotopic (exact) mass is 283 g/mol. The Hall–Kier alpha value is -1.78. The summed E-state index contributed by atoms with van der Waals surface area (Å²) in [5.41, 5.74) is 9.70. The Labute approximate surface area is 122 Å². The molecule has 0 saturated carbocycles. The van der Waals surface area contributed by atoms with Crippen molar-refractivity contribution in [3.8, 4) is 0 Å². The highest BCUT2D eigenvalue weighted by atomic mass is 32.1. The summed E-state index contributed by atoms with van der Waals surface area (Å²) < 4.78 is 0. The van der Waals surface area contributed by atoms with Gasteiger partial charge in [0.05, 0.1) is 16.2 Å². The van der Waals surface area contributed by atoms with E-state index >= 15 is 0 Å². The lowest BCUT2D eigenvalue weighted by Crippen LogP contribution is -2.13. The highest BCUT2D eigenvalue weighted by molar-refractivity contribution is 7.11. The molecule has 0 aliphatic rings. The van der Waals surface area contributed by atoms with Gasteiger partial charge in [-0.15, -0.1) is 11.3 Å². The third-order valence-corrected chi connectivity index (χ3v) is 4.66. The molecule has 3 nitrogen and oxygen atoms in total. The number of hydrogen-bond donors (Lipinski definition) is 1. The zero-order chi connectivity index (χ0) is 14.1. The predicted octanol–water partition coefficient (Wildman–Crippen LogP) is 3.55. The van der Waals surface area contributed by atoms with Gasteiger partial charge in [-0.05, 0) is 38.0 Å². The van der Waals surface area contributed by atoms with Crippen molar-refractivity contribution in [2.24, 2.45) is 5.73 Å². The van der Waals surface area contributed by atoms with Crippen molar-refractivity contribution < 1.29 is 0 Å². The zero-order valence-corrected chi connectivity index (χ0v) is 12.4. The first-order chi connectivity index (χ1) is 9.65. The zero-order valence-electron chi connectivity index (χ0n) is 11.6. The molecule has 0 aliphatic carbocycles. The van der Waals surface area contributed by atoms with Crippen LogP contribution in [0.15, 0.2) is 36.5 Å². The number of para-hydroxylation sites is 1. The highest BCUT2D eigenvalue weighted by Gasteiger charge is 2.15. The van der Waals surface area contributed by atoms with Gasteiger partial charge >= 0.3 is 0 Å². The van der Waals surface area contributed by atoms with Crippen LogP contribution in [0.3, 0.4) is 0 Å². The van der Waals surface area contributed by atoms with Crippen molar-refractivity contribution in [3.05, 3.63) is 57.7 Å². The summed E-state index contributed by atoms with van der Waals surface area (Å²) in [5.74, 6) is 0. The molecule has 3 rings (SSSR count). The van der Waals surface area contributed by atoms with Crippen LogP contribution in [-0.4, -0.2) is 9.97 Å². The van der Waals surface area contributed by atoms with Crippen LogP contribution in [0.2, 0.25) is 0 Å². The first-order valence-corrected chi connectivity index (χ1v) is 7.49. The lowest BCUT2D eigenvalue weighted by atomic mass is 10.0. The van der Waals surface area contributed by atoms with Crippen LogP contribution < -0.4 is 5.73 Å². The van der Waals surface area contributed by atoms with E-state index in [1.54, 1.807) is 11.3 Å². The SMILES string of the molecule is Cc1nc(C)c(C(N)Cc2ccnc3ccccc23)s1. The molecule has 0 spiro atoms. The summed E-state index contributed by atoms with van der Waals surface area (Å²) in [6.07, 6.45) is 2.67. The second kappa shape index (κ2) is 5.31. The topological polar surface area (TPSA) is 51.8 Å². The minimum absolute atomic E-state index is 0.00740. The average molecular weight is 283 g/mol. The van der Waals surface area contributed by atoms with Crippen molar-refractivity contribution >= 4 is 22.2 Å². The van der Waals surface area contributed by atoms with E-state index < -0.39 is 0 Å². The maximum Gasteiger partial charge on any atom is 0.0900 e. The smallest absolute Gasteiger partial charge is 0.0900 e. The van der Waals surface area contributed by atoms with E-state index in [4.69, 9.17) is 5.73 Å². The molecule has 2 heterocycles. The number of benzene rings is 1. The number of aryl methyl sites for hydroxylation is 2. The summed E-state index contributed by atoms with van der Waals surface area (Å²) >= 11 is 1.70. The number of thiazole rings is 1. The minimum atomic E-state index is -0.00740. The van der Waals surface area contributed by atoms with E-state index in [2.05, 4.69) is 22.1 Å². The van der Waals surface area contributed by atoms with Crippen molar-refractivity contribution in [1.82, 2.24) is 9.97 Å². The predicted molar refractivity (Wildman–Crippen MR) is 84.0 cm³/mol. The molecule has 2 aromatic heterocycles. The standard InChI is InChI=1S/C16H17N3S/c1-10-16(20-11(2)19-10)14(17)9-12-7-8-18-15-6-4-3-5-13(12)15/h3-8,14H,9,17H2,1-2H3. The van der Waals surface area contributed by atoms with Crippen molar-refractivity contribution in [3.63, 3.8) is 0 Å². The lowest BCUT2D eigenvalue weighted by Gasteiger charge is -2.12. The number of rotatable bonds is 3. The van der Waals surface area contributed by atoms with Gasteiger partial charge in [-0.3, -0.25) is 4.98 Å². The molecule has 2 N–H and O–H groups in total. The number of hydrogen-bond acceptors (Lipinski definition) is 4. The first kappa shape index (κ1) is 13.2. The average Bonchev–Trinajstić information content (AvgIpc) is 2.78. The third-order valence-electron chi connectivity index (χ3n) is 3.46. The van der Waals surface area contributed by atoms with Crippen LogP contribution in [-0.2, 0) is 6.42 Å². The minimum Gasteiger partial charge on any atom is -0.323 e. The van der Waals surface area contributed by atoms with Crippen molar-refractivity contribution in [2.75, 3.05) is 0 Å². The molecule has 0 aliphatic heterocycles. The fourth-order valence-electron chi connectivity index (χ4n) is 2.55. The molecule has 0 radical (unpaired) electrons. The molecule has 20 heavy (non-hydrogen) atoms. The van der Waals surface area contributed by atoms with Gasteiger partial charge in [0.25, 0.3) is 0 Å². The van der Waals surface area contributed by atoms with Gasteiger partial charge in [0.1, 0.15) is 0 Å². The summed E-state index contributed by atoms with van der Waals surface area (Å²) in [6, 6.07) is 10.2. The van der Waals surface area contributed by atoms with Crippen LogP contribution in [0.4, 0.5) is 0 Å². The number of nitrogens with two attached hydrogens (primary N) is 1. The van der Waals surface area contributed by atoms with Gasteiger partial charge in [0, 0.05) is 22.5 Å². The van der Waals surface area contributed by atoms with E-state index in [1.807, 2.05) is 38.2 Å². The Morgan fingerprint density at radius 3 is 2.75 bits per heavy atom. The second-order valence-corrected chi connectivity index (χ2v) is 6.22. The molecular weight excluding hydrogens is 266 g/mol. The van der Waals surface area contributed by atoms with Gasteiger partial charge in [-0.1, -0.05) is 18.2 Å². The van der Waals surface area contributed by atoms with E-state index in [0.29, 0.717) is 0 Å². The molecule has 1 unspecified atom stereocenters. The first-order valence-electron chi connectivity index (χ1n) is 6.67. The fraction of sp³-hybridized carbons (Fsp3) is 0.250. The Bertz CT molecular complexity index is 743. The van der Waals surface area contributed by atoms with Gasteiger partial charge in [0.2, 0.25) is 0 Å². The molecule has 0 bridgehead atoms. The Morgan fingerprint density at radius 1 is 1.20 bits per heavy atom. The number of nitrogens with zero attached hydrogens (tertiary/aromatic N) is 2. The Balaban J connectivity index is 1.95. The molecular formula is C16H17N3S. The van der Waals surface area contributed by atoms with Gasteiger partial charge in [0.15, 0.2) is 0 Å². The molecule has 0 amide bonds. The van der Waals surface area contributed by atoms with Crippen LogP contribution in [0.1, 0.15) is 27.2 Å². The summed E-state index contributed by atoms with van der Waals surface area (Å²) in [4.78, 5) is 10.0. The summed E-state index contributed by atoms with van der Waals surface area (Å²) in [6.45, 7) is 4.05. The quantitative estimate of drug-likeness (QED) is 0.799. The number of fused-ring (bicyclic) bond motifs is 1. The molecule has 4 heteroatoms. The van der Waals surface area contributed by atoms with Crippen LogP contribution >= 0.6 is 11.3 Å². The van der Waals surface area contributed by atoms with Gasteiger partial charge < -0.3 is 5.73 Å². The number of pyridine rings is 1. The van der Waals surface area contributed by atoms with Crippen LogP contribution in [0, 0.1) is 13.8 Å². The lowest BCUT2D eigenvalue weighted by molar-refractivity contribution is 0.731. The molecule has 102 valence electrons. The highest BCUT2D eigenvalue weighted by Crippen LogP contribution is 2.27. The largest absolute Gasteiger partial charge is 0.323 e. The fourth-order valence-corrected chi connectivity index (χ4v) is 3.48. The number of aromatic nitrogens is 2. The van der Waals surface area contributed by atoms with Crippen LogP contribution in [0.25, 0.3) is 10.9 Å². The molecule has 3 aromatic rings. The maximum atomic E-state index is 6.38. The Kier molecular flexibility index (Phi) is 3.51. The maximum absolute atomic E-state index is 6.38. The van der Waals surface area contributed by atoms with E-state index in [-0.39, 0.29) is 6.04 Å². The van der Waals surface area contributed by atoms with Gasteiger partial charge in [-0.2, -0.15) is 0 Å². The van der Waals surface area contributed by atoms with Crippen molar-refractivity contribution in [1.29, 1.82) is 0 Å². The van der Waals surface area contributed by atoms with Gasteiger partial charge in [-0.25, -0.2) is 4.98 Å². The molecule has 1 atom stereocenters. The normalized spacial score (nSPS) is 12.8. The summed E-state index contributed by atoms with van der Waals surface area (Å²) in [5, 5.41) is 2.26. The molecule has 1 aromatic carbocycles.